The Bertz CT molecular complexity index is 1010. The Balaban J connectivity index is 1.43. The zero-order valence-corrected chi connectivity index (χ0v) is 16.7. The number of carbonyl (C=O) groups is 2. The third kappa shape index (κ3) is 3.46. The number of likely N-dealkylation sites (tertiary alicyclic amines) is 1. The molecule has 1 unspecified atom stereocenters. The summed E-state index contributed by atoms with van der Waals surface area (Å²) in [6.45, 7) is 5.26. The standard InChI is InChI=1S/C19H23N5O3S/c1-3-27-17(26)13-8-10-23(11-9-13)16(25)12(2)28-19-22-21-18-20-14-6-4-5-7-15(14)24(18)19/h4-7,12-13H,3,8-11H2,1-2H3,(H,20,21). The van der Waals surface area contributed by atoms with Crippen molar-refractivity contribution in [3.63, 3.8) is 0 Å². The second-order valence-corrected chi connectivity index (χ2v) is 8.19. The maximum absolute atomic E-state index is 12.9. The normalized spacial score (nSPS) is 16.6. The van der Waals surface area contributed by atoms with Gasteiger partial charge in [0.25, 0.3) is 0 Å². The monoisotopic (exact) mass is 401 g/mol. The Labute approximate surface area is 166 Å². The Morgan fingerprint density at radius 3 is 2.82 bits per heavy atom. The summed E-state index contributed by atoms with van der Waals surface area (Å²) in [5.41, 5.74) is 1.85. The molecule has 0 bridgehead atoms. The van der Waals surface area contributed by atoms with Gasteiger partial charge in [-0.3, -0.25) is 14.0 Å². The number of benzene rings is 1. The van der Waals surface area contributed by atoms with Crippen LogP contribution < -0.4 is 0 Å². The molecular weight excluding hydrogens is 378 g/mol. The number of fused-ring (bicyclic) bond motifs is 3. The molecule has 0 saturated carbocycles. The number of imidazole rings is 1. The maximum atomic E-state index is 12.9. The summed E-state index contributed by atoms with van der Waals surface area (Å²) in [4.78, 5) is 31.1. The molecule has 3 aromatic rings. The molecule has 28 heavy (non-hydrogen) atoms. The summed E-state index contributed by atoms with van der Waals surface area (Å²) in [5.74, 6) is 0.477. The summed E-state index contributed by atoms with van der Waals surface area (Å²) in [7, 11) is 0. The molecule has 9 heteroatoms. The third-order valence-electron chi connectivity index (χ3n) is 5.06. The van der Waals surface area contributed by atoms with E-state index in [4.69, 9.17) is 4.74 Å². The van der Waals surface area contributed by atoms with E-state index in [1.54, 1.807) is 0 Å². The van der Waals surface area contributed by atoms with E-state index in [0.717, 1.165) is 11.0 Å². The molecule has 1 fully saturated rings. The number of para-hydroxylation sites is 2. The summed E-state index contributed by atoms with van der Waals surface area (Å²) in [6.07, 6.45) is 1.31. The Morgan fingerprint density at radius 1 is 1.32 bits per heavy atom. The number of thioether (sulfide) groups is 1. The predicted molar refractivity (Wildman–Crippen MR) is 106 cm³/mol. The van der Waals surface area contributed by atoms with Gasteiger partial charge in [-0.1, -0.05) is 23.9 Å². The Hall–Kier alpha value is -2.55. The van der Waals surface area contributed by atoms with Crippen molar-refractivity contribution in [2.45, 2.75) is 37.1 Å². The maximum Gasteiger partial charge on any atom is 0.309 e. The number of amides is 1. The van der Waals surface area contributed by atoms with Crippen LogP contribution in [0.4, 0.5) is 0 Å². The molecule has 3 heterocycles. The van der Waals surface area contributed by atoms with Gasteiger partial charge in [0.1, 0.15) is 0 Å². The number of H-pyrrole nitrogens is 1. The molecule has 1 amide bonds. The second kappa shape index (κ2) is 7.83. The highest BCUT2D eigenvalue weighted by molar-refractivity contribution is 8.00. The average Bonchev–Trinajstić information content (AvgIpc) is 3.27. The van der Waals surface area contributed by atoms with E-state index in [0.29, 0.717) is 43.5 Å². The lowest BCUT2D eigenvalue weighted by atomic mass is 9.97. The number of piperidine rings is 1. The summed E-state index contributed by atoms with van der Waals surface area (Å²) in [6, 6.07) is 7.84. The number of hydrogen-bond donors (Lipinski definition) is 1. The Kier molecular flexibility index (Phi) is 5.25. The number of ether oxygens (including phenoxy) is 1. The van der Waals surface area contributed by atoms with E-state index in [1.807, 2.05) is 47.4 Å². The molecule has 1 atom stereocenters. The first kappa shape index (κ1) is 18.8. The molecule has 4 rings (SSSR count). The van der Waals surface area contributed by atoms with Gasteiger partial charge in [-0.05, 0) is 38.8 Å². The predicted octanol–water partition coefficient (Wildman–Crippen LogP) is 2.49. The summed E-state index contributed by atoms with van der Waals surface area (Å²) < 4.78 is 7.04. The number of carbonyl (C=O) groups excluding carboxylic acids is 2. The van der Waals surface area contributed by atoms with E-state index in [1.165, 1.54) is 11.8 Å². The number of hydrogen-bond acceptors (Lipinski definition) is 6. The van der Waals surface area contributed by atoms with E-state index >= 15 is 0 Å². The topological polar surface area (TPSA) is 92.6 Å². The highest BCUT2D eigenvalue weighted by Crippen LogP contribution is 2.28. The van der Waals surface area contributed by atoms with Gasteiger partial charge in [0.2, 0.25) is 11.7 Å². The van der Waals surface area contributed by atoms with Crippen LogP contribution in [0.25, 0.3) is 16.8 Å². The lowest BCUT2D eigenvalue weighted by molar-refractivity contribution is -0.151. The van der Waals surface area contributed by atoms with Gasteiger partial charge in [0.15, 0.2) is 5.16 Å². The van der Waals surface area contributed by atoms with Crippen molar-refractivity contribution in [2.24, 2.45) is 5.92 Å². The van der Waals surface area contributed by atoms with Crippen molar-refractivity contribution in [1.82, 2.24) is 24.5 Å². The molecule has 1 aliphatic rings. The van der Waals surface area contributed by atoms with E-state index < -0.39 is 0 Å². The van der Waals surface area contributed by atoms with E-state index in [2.05, 4.69) is 15.2 Å². The summed E-state index contributed by atoms with van der Waals surface area (Å²) >= 11 is 1.41. The number of esters is 1. The molecule has 0 aliphatic carbocycles. The molecule has 0 spiro atoms. The fourth-order valence-corrected chi connectivity index (χ4v) is 4.54. The zero-order valence-electron chi connectivity index (χ0n) is 15.9. The van der Waals surface area contributed by atoms with Crippen molar-refractivity contribution in [1.29, 1.82) is 0 Å². The molecule has 8 nitrogen and oxygen atoms in total. The van der Waals surface area contributed by atoms with Crippen LogP contribution in [0.2, 0.25) is 0 Å². The molecule has 2 aromatic heterocycles. The molecule has 148 valence electrons. The van der Waals surface area contributed by atoms with Crippen molar-refractivity contribution < 1.29 is 14.3 Å². The number of aromatic amines is 1. The largest absolute Gasteiger partial charge is 0.466 e. The molecule has 0 radical (unpaired) electrons. The minimum Gasteiger partial charge on any atom is -0.466 e. The minimum atomic E-state index is -0.285. The van der Waals surface area contributed by atoms with Crippen molar-refractivity contribution in [3.8, 4) is 0 Å². The fourth-order valence-electron chi connectivity index (χ4n) is 3.58. The highest BCUT2D eigenvalue weighted by atomic mass is 32.2. The Morgan fingerprint density at radius 2 is 2.07 bits per heavy atom. The molecule has 1 aromatic carbocycles. The lowest BCUT2D eigenvalue weighted by Gasteiger charge is -2.32. The molecule has 1 N–H and O–H groups in total. The van der Waals surface area contributed by atoms with Gasteiger partial charge in [-0.15, -0.1) is 5.10 Å². The number of nitrogens with zero attached hydrogens (tertiary/aromatic N) is 4. The summed E-state index contributed by atoms with van der Waals surface area (Å²) in [5, 5.41) is 7.70. The first-order valence-corrected chi connectivity index (χ1v) is 10.4. The molecule has 1 aliphatic heterocycles. The molecular formula is C19H23N5O3S. The van der Waals surface area contributed by atoms with Crippen LogP contribution in [-0.2, 0) is 14.3 Å². The van der Waals surface area contributed by atoms with Gasteiger partial charge < -0.3 is 9.64 Å². The van der Waals surface area contributed by atoms with Crippen LogP contribution in [0.1, 0.15) is 26.7 Å². The van der Waals surface area contributed by atoms with Gasteiger partial charge >= 0.3 is 5.97 Å². The quantitative estimate of drug-likeness (QED) is 0.522. The highest BCUT2D eigenvalue weighted by Gasteiger charge is 2.31. The first-order valence-electron chi connectivity index (χ1n) is 9.52. The zero-order chi connectivity index (χ0) is 19.7. The van der Waals surface area contributed by atoms with E-state index in [-0.39, 0.29) is 23.0 Å². The van der Waals surface area contributed by atoms with Gasteiger partial charge in [-0.25, -0.2) is 10.1 Å². The second-order valence-electron chi connectivity index (χ2n) is 6.88. The minimum absolute atomic E-state index is 0.0629. The van der Waals surface area contributed by atoms with Crippen molar-refractivity contribution in [2.75, 3.05) is 19.7 Å². The molecule has 1 saturated heterocycles. The van der Waals surface area contributed by atoms with Gasteiger partial charge in [-0.2, -0.15) is 0 Å². The van der Waals surface area contributed by atoms with E-state index in [9.17, 15) is 9.59 Å². The number of nitrogens with one attached hydrogen (secondary N) is 1. The first-order chi connectivity index (χ1) is 13.6. The SMILES string of the molecule is CCOC(=O)C1CCN(C(=O)C(C)Sc2n[nH]c3nc4ccccc4n23)CC1. The van der Waals surface area contributed by atoms with Crippen LogP contribution in [0.15, 0.2) is 29.4 Å². The van der Waals surface area contributed by atoms with Crippen LogP contribution in [0, 0.1) is 5.92 Å². The average molecular weight is 401 g/mol. The van der Waals surface area contributed by atoms with Crippen LogP contribution in [0.3, 0.4) is 0 Å². The smallest absolute Gasteiger partial charge is 0.309 e. The van der Waals surface area contributed by atoms with Crippen LogP contribution >= 0.6 is 11.8 Å². The fraction of sp³-hybridized carbons (Fsp3) is 0.474. The van der Waals surface area contributed by atoms with Crippen LogP contribution in [0.5, 0.6) is 0 Å². The van der Waals surface area contributed by atoms with Gasteiger partial charge in [0.05, 0.1) is 28.8 Å². The number of rotatable bonds is 5. The van der Waals surface area contributed by atoms with Crippen molar-refractivity contribution in [3.05, 3.63) is 24.3 Å². The van der Waals surface area contributed by atoms with Crippen LogP contribution in [-0.4, -0.2) is 61.3 Å². The van der Waals surface area contributed by atoms with Crippen molar-refractivity contribution >= 4 is 40.4 Å². The lowest BCUT2D eigenvalue weighted by Crippen LogP contribution is -2.43. The number of aromatic nitrogens is 4. The van der Waals surface area contributed by atoms with Gasteiger partial charge in [0, 0.05) is 13.1 Å². The third-order valence-corrected chi connectivity index (χ3v) is 6.10.